The molecule has 3 aromatic rings. The van der Waals surface area contributed by atoms with Crippen LogP contribution in [0.15, 0.2) is 36.8 Å². The molecule has 2 N–H and O–H groups in total. The normalized spacial score (nSPS) is 16.3. The molecule has 2 atom stereocenters. The second-order valence-corrected chi connectivity index (χ2v) is 6.66. The highest BCUT2D eigenvalue weighted by atomic mass is 16.3. The van der Waals surface area contributed by atoms with Gasteiger partial charge in [0.1, 0.15) is 5.69 Å². The number of pyridine rings is 1. The fourth-order valence-electron chi connectivity index (χ4n) is 3.38. The Morgan fingerprint density at radius 1 is 1.38 bits per heavy atom. The largest absolute Gasteiger partial charge is 0.483 e. The number of hydrogen-bond acceptors (Lipinski definition) is 6. The SMILES string of the molecule is CC[C@H](C)[C@H]1c2nc(-c3cccnc3)nn2CCN1C(=O)c1ccn[nH]1.O=CO. The molecule has 0 radical (unpaired) electrons. The van der Waals surface area contributed by atoms with E-state index < -0.39 is 0 Å². The third-order valence-corrected chi connectivity index (χ3v) is 4.95. The second kappa shape index (κ2) is 9.09. The van der Waals surface area contributed by atoms with Crippen molar-refractivity contribution in [1.82, 2.24) is 34.8 Å². The van der Waals surface area contributed by atoms with E-state index in [4.69, 9.17) is 14.9 Å². The maximum Gasteiger partial charge on any atom is 0.290 e. The topological polar surface area (TPSA) is 130 Å². The minimum Gasteiger partial charge on any atom is -0.483 e. The Morgan fingerprint density at radius 2 is 2.17 bits per heavy atom. The van der Waals surface area contributed by atoms with E-state index in [-0.39, 0.29) is 24.3 Å². The van der Waals surface area contributed by atoms with Gasteiger partial charge in [0.15, 0.2) is 11.6 Å². The highest BCUT2D eigenvalue weighted by Crippen LogP contribution is 2.34. The molecule has 0 saturated carbocycles. The zero-order valence-electron chi connectivity index (χ0n) is 16.3. The van der Waals surface area contributed by atoms with Crippen LogP contribution in [0.4, 0.5) is 0 Å². The molecule has 3 aromatic heterocycles. The number of aromatic nitrogens is 6. The van der Waals surface area contributed by atoms with Crippen molar-refractivity contribution in [1.29, 1.82) is 0 Å². The highest BCUT2D eigenvalue weighted by molar-refractivity contribution is 5.92. The van der Waals surface area contributed by atoms with E-state index in [1.807, 2.05) is 21.7 Å². The van der Waals surface area contributed by atoms with Crippen molar-refractivity contribution in [2.24, 2.45) is 5.92 Å². The van der Waals surface area contributed by atoms with Gasteiger partial charge in [0, 0.05) is 30.7 Å². The molecular weight excluding hydrogens is 374 g/mol. The Labute approximate surface area is 167 Å². The molecular formula is C19H23N7O3. The number of carboxylic acid groups (broad SMARTS) is 1. The summed E-state index contributed by atoms with van der Waals surface area (Å²) in [7, 11) is 0. The molecule has 0 spiro atoms. The van der Waals surface area contributed by atoms with Gasteiger partial charge >= 0.3 is 0 Å². The number of fused-ring (bicyclic) bond motifs is 1. The Hall–Kier alpha value is -3.56. The number of nitrogens with zero attached hydrogens (tertiary/aromatic N) is 6. The number of carbonyl (C=O) groups excluding carboxylic acids is 1. The summed E-state index contributed by atoms with van der Waals surface area (Å²) in [4.78, 5) is 32.1. The van der Waals surface area contributed by atoms with Crippen molar-refractivity contribution < 1.29 is 14.7 Å². The van der Waals surface area contributed by atoms with E-state index in [9.17, 15) is 4.79 Å². The van der Waals surface area contributed by atoms with Gasteiger partial charge in [0.25, 0.3) is 12.4 Å². The molecule has 1 aliphatic heterocycles. The Morgan fingerprint density at radius 3 is 2.79 bits per heavy atom. The summed E-state index contributed by atoms with van der Waals surface area (Å²) in [6, 6.07) is 5.40. The molecule has 10 heteroatoms. The predicted molar refractivity (Wildman–Crippen MR) is 104 cm³/mol. The van der Waals surface area contributed by atoms with Crippen LogP contribution in [0.3, 0.4) is 0 Å². The van der Waals surface area contributed by atoms with E-state index in [1.54, 1.807) is 24.7 Å². The van der Waals surface area contributed by atoms with Crippen molar-refractivity contribution in [2.75, 3.05) is 6.54 Å². The molecule has 1 amide bonds. The van der Waals surface area contributed by atoms with Crippen LogP contribution in [0, 0.1) is 5.92 Å². The van der Waals surface area contributed by atoms with Gasteiger partial charge in [-0.2, -0.15) is 10.2 Å². The summed E-state index contributed by atoms with van der Waals surface area (Å²) in [5.41, 5.74) is 1.38. The summed E-state index contributed by atoms with van der Waals surface area (Å²) in [6.45, 7) is 5.23. The summed E-state index contributed by atoms with van der Waals surface area (Å²) in [6.07, 6.45) is 6.02. The highest BCUT2D eigenvalue weighted by Gasteiger charge is 2.37. The van der Waals surface area contributed by atoms with Gasteiger partial charge in [-0.3, -0.25) is 19.7 Å². The van der Waals surface area contributed by atoms with Crippen molar-refractivity contribution in [3.05, 3.63) is 48.3 Å². The minimum atomic E-state index is -0.250. The van der Waals surface area contributed by atoms with Gasteiger partial charge in [-0.15, -0.1) is 0 Å². The molecule has 0 unspecified atom stereocenters. The standard InChI is InChI=1S/C18H21N7O.CH2O2/c1-3-12(2)15-17-21-16(13-5-4-7-19-11-13)23-25(17)10-9-24(15)18(26)14-6-8-20-22-14;2-1-3/h4-8,11-12,15H,3,9-10H2,1-2H3,(H,20,22);1H,(H,2,3)/t12-,15-;/m0./s1. The lowest BCUT2D eigenvalue weighted by atomic mass is 9.95. The Kier molecular flexibility index (Phi) is 6.32. The average Bonchev–Trinajstić information content (AvgIpc) is 3.43. The fraction of sp³-hybridized carbons (Fsp3) is 0.368. The lowest BCUT2D eigenvalue weighted by molar-refractivity contribution is -0.122. The van der Waals surface area contributed by atoms with Gasteiger partial charge in [-0.1, -0.05) is 20.3 Å². The van der Waals surface area contributed by atoms with Gasteiger partial charge in [0.05, 0.1) is 12.6 Å². The van der Waals surface area contributed by atoms with Crippen molar-refractivity contribution in [3.8, 4) is 11.4 Å². The first-order valence-electron chi connectivity index (χ1n) is 9.34. The fourth-order valence-corrected chi connectivity index (χ4v) is 3.38. The minimum absolute atomic E-state index is 0.0509. The molecule has 0 aliphatic carbocycles. The third-order valence-electron chi connectivity index (χ3n) is 4.95. The second-order valence-electron chi connectivity index (χ2n) is 6.66. The van der Waals surface area contributed by atoms with Gasteiger partial charge in [0.2, 0.25) is 0 Å². The molecule has 0 saturated heterocycles. The van der Waals surface area contributed by atoms with Crippen molar-refractivity contribution in [2.45, 2.75) is 32.9 Å². The predicted octanol–water partition coefficient (Wildman–Crippen LogP) is 2.01. The summed E-state index contributed by atoms with van der Waals surface area (Å²) >= 11 is 0. The van der Waals surface area contributed by atoms with Crippen LogP contribution in [-0.4, -0.2) is 58.9 Å². The number of H-pyrrole nitrogens is 1. The molecule has 29 heavy (non-hydrogen) atoms. The number of rotatable bonds is 4. The number of nitrogens with one attached hydrogen (secondary N) is 1. The van der Waals surface area contributed by atoms with Crippen LogP contribution in [-0.2, 0) is 11.3 Å². The van der Waals surface area contributed by atoms with E-state index in [1.165, 1.54) is 0 Å². The zero-order valence-corrected chi connectivity index (χ0v) is 16.3. The van der Waals surface area contributed by atoms with Crippen LogP contribution in [0.2, 0.25) is 0 Å². The van der Waals surface area contributed by atoms with Crippen LogP contribution in [0.1, 0.15) is 42.6 Å². The lowest BCUT2D eigenvalue weighted by Gasteiger charge is -2.38. The first-order chi connectivity index (χ1) is 14.1. The summed E-state index contributed by atoms with van der Waals surface area (Å²) in [5, 5.41) is 18.2. The molecule has 4 rings (SSSR count). The number of hydrogen-bond donors (Lipinski definition) is 2. The van der Waals surface area contributed by atoms with Gasteiger partial charge in [-0.25, -0.2) is 9.67 Å². The number of carbonyl (C=O) groups is 2. The monoisotopic (exact) mass is 397 g/mol. The molecule has 0 aromatic carbocycles. The molecule has 4 heterocycles. The van der Waals surface area contributed by atoms with Crippen molar-refractivity contribution >= 4 is 12.4 Å². The molecule has 0 fully saturated rings. The molecule has 1 aliphatic rings. The third kappa shape index (κ3) is 4.15. The first kappa shape index (κ1) is 20.2. The zero-order chi connectivity index (χ0) is 20.8. The van der Waals surface area contributed by atoms with Crippen LogP contribution < -0.4 is 0 Å². The Bertz CT molecular complexity index is 940. The molecule has 0 bridgehead atoms. The maximum atomic E-state index is 13.0. The van der Waals surface area contributed by atoms with Crippen LogP contribution in [0.25, 0.3) is 11.4 Å². The maximum absolute atomic E-state index is 13.0. The molecule has 10 nitrogen and oxygen atoms in total. The van der Waals surface area contributed by atoms with Crippen LogP contribution in [0.5, 0.6) is 0 Å². The Balaban J connectivity index is 0.000000755. The van der Waals surface area contributed by atoms with Gasteiger partial charge < -0.3 is 10.0 Å². The number of aromatic amines is 1. The van der Waals surface area contributed by atoms with Crippen molar-refractivity contribution in [3.63, 3.8) is 0 Å². The van der Waals surface area contributed by atoms with E-state index in [0.29, 0.717) is 24.6 Å². The van der Waals surface area contributed by atoms with Gasteiger partial charge in [-0.05, 0) is 24.1 Å². The van der Waals surface area contributed by atoms with Crippen LogP contribution >= 0.6 is 0 Å². The van der Waals surface area contributed by atoms with E-state index in [0.717, 1.165) is 17.8 Å². The summed E-state index contributed by atoms with van der Waals surface area (Å²) in [5.74, 6) is 1.69. The quantitative estimate of drug-likeness (QED) is 0.644. The summed E-state index contributed by atoms with van der Waals surface area (Å²) < 4.78 is 1.93. The average molecular weight is 397 g/mol. The van der Waals surface area contributed by atoms with E-state index >= 15 is 0 Å². The molecule has 152 valence electrons. The number of amides is 1. The first-order valence-corrected chi connectivity index (χ1v) is 9.34. The lowest BCUT2D eigenvalue weighted by Crippen LogP contribution is -2.45. The van der Waals surface area contributed by atoms with E-state index in [2.05, 4.69) is 34.1 Å². The smallest absolute Gasteiger partial charge is 0.290 e.